The number of rotatable bonds is 4. The minimum Gasteiger partial charge on any atom is -0.348 e. The number of fused-ring (bicyclic) bond motifs is 3. The van der Waals surface area contributed by atoms with E-state index in [0.29, 0.717) is 12.0 Å². The Hall–Kier alpha value is -2.13. The van der Waals surface area contributed by atoms with Crippen molar-refractivity contribution in [1.82, 2.24) is 10.2 Å². The van der Waals surface area contributed by atoms with Crippen molar-refractivity contribution < 1.29 is 4.79 Å². The maximum atomic E-state index is 12.5. The van der Waals surface area contributed by atoms with Gasteiger partial charge in [0, 0.05) is 18.2 Å². The minimum absolute atomic E-state index is 0.0695. The van der Waals surface area contributed by atoms with E-state index < -0.39 is 0 Å². The van der Waals surface area contributed by atoms with Gasteiger partial charge in [0.05, 0.1) is 0 Å². The van der Waals surface area contributed by atoms with Crippen molar-refractivity contribution in [2.45, 2.75) is 25.3 Å². The molecule has 3 nitrogen and oxygen atoms in total. The Balaban J connectivity index is 1.38. The molecule has 124 valence electrons. The summed E-state index contributed by atoms with van der Waals surface area (Å²) in [6.07, 6.45) is 3.35. The highest BCUT2D eigenvalue weighted by atomic mass is 16.1. The fourth-order valence-electron chi connectivity index (χ4n) is 3.99. The summed E-state index contributed by atoms with van der Waals surface area (Å²) in [6.45, 7) is 3.42. The van der Waals surface area contributed by atoms with Gasteiger partial charge in [0.2, 0.25) is 0 Å². The molecule has 3 aliphatic heterocycles. The Kier molecular flexibility index (Phi) is 4.35. The van der Waals surface area contributed by atoms with Crippen molar-refractivity contribution in [1.29, 1.82) is 0 Å². The van der Waals surface area contributed by atoms with Crippen LogP contribution in [0.15, 0.2) is 54.6 Å². The molecule has 0 unspecified atom stereocenters. The number of piperidine rings is 3. The summed E-state index contributed by atoms with van der Waals surface area (Å²) in [4.78, 5) is 15.0. The maximum Gasteiger partial charge on any atom is 0.251 e. The summed E-state index contributed by atoms with van der Waals surface area (Å²) < 4.78 is 0. The summed E-state index contributed by atoms with van der Waals surface area (Å²) in [5.41, 5.74) is 3.30. The molecule has 3 aliphatic rings. The summed E-state index contributed by atoms with van der Waals surface area (Å²) in [5.74, 6) is 0.733. The molecule has 1 N–H and O–H groups in total. The maximum absolute atomic E-state index is 12.5. The number of benzene rings is 2. The normalized spacial score (nSPS) is 25.4. The highest BCUT2D eigenvalue weighted by Gasteiger charge is 2.34. The Bertz CT molecular complexity index is 688. The molecule has 1 amide bonds. The van der Waals surface area contributed by atoms with E-state index in [1.165, 1.54) is 37.1 Å². The summed E-state index contributed by atoms with van der Waals surface area (Å²) in [7, 11) is 0. The van der Waals surface area contributed by atoms with E-state index in [-0.39, 0.29) is 5.91 Å². The third-order valence-corrected chi connectivity index (χ3v) is 5.44. The number of carbonyl (C=O) groups excluding carboxylic acids is 1. The monoisotopic (exact) mass is 320 g/mol. The van der Waals surface area contributed by atoms with Crippen LogP contribution in [0, 0.1) is 5.92 Å². The number of hydrogen-bond donors (Lipinski definition) is 1. The molecule has 24 heavy (non-hydrogen) atoms. The first kappa shape index (κ1) is 15.4. The molecule has 3 saturated heterocycles. The van der Waals surface area contributed by atoms with Crippen LogP contribution in [0.25, 0.3) is 0 Å². The smallest absolute Gasteiger partial charge is 0.251 e. The van der Waals surface area contributed by atoms with E-state index in [0.717, 1.165) is 18.5 Å². The molecule has 0 saturated carbocycles. The first-order valence-electron chi connectivity index (χ1n) is 8.94. The summed E-state index contributed by atoms with van der Waals surface area (Å²) >= 11 is 0. The van der Waals surface area contributed by atoms with Gasteiger partial charge in [-0.25, -0.2) is 0 Å². The lowest BCUT2D eigenvalue weighted by atomic mass is 9.84. The van der Waals surface area contributed by atoms with Gasteiger partial charge in [-0.2, -0.15) is 0 Å². The lowest BCUT2D eigenvalue weighted by Crippen LogP contribution is -2.57. The zero-order valence-electron chi connectivity index (χ0n) is 13.9. The van der Waals surface area contributed by atoms with E-state index in [1.54, 1.807) is 0 Å². The molecule has 0 radical (unpaired) electrons. The Morgan fingerprint density at radius 2 is 1.62 bits per heavy atom. The molecule has 2 aromatic rings. The molecule has 0 aliphatic carbocycles. The van der Waals surface area contributed by atoms with Crippen molar-refractivity contribution in [3.8, 4) is 0 Å². The van der Waals surface area contributed by atoms with Gasteiger partial charge in [-0.1, -0.05) is 42.5 Å². The van der Waals surface area contributed by atoms with E-state index in [1.807, 2.05) is 18.2 Å². The molecule has 3 heteroatoms. The van der Waals surface area contributed by atoms with Crippen LogP contribution in [-0.4, -0.2) is 36.5 Å². The molecule has 2 bridgehead atoms. The van der Waals surface area contributed by atoms with Crippen molar-refractivity contribution >= 4 is 5.91 Å². The van der Waals surface area contributed by atoms with Gasteiger partial charge in [-0.3, -0.25) is 4.79 Å². The highest BCUT2D eigenvalue weighted by molar-refractivity contribution is 5.94. The molecule has 5 rings (SSSR count). The first-order chi connectivity index (χ1) is 11.8. The molecular weight excluding hydrogens is 296 g/mol. The topological polar surface area (TPSA) is 32.3 Å². The average molecular weight is 320 g/mol. The number of amides is 1. The van der Waals surface area contributed by atoms with Crippen LogP contribution in [0.1, 0.15) is 34.3 Å². The molecule has 0 spiro atoms. The fraction of sp³-hybridized carbons (Fsp3) is 0.381. The molecule has 3 fully saturated rings. The molecule has 0 aromatic heterocycles. The lowest BCUT2D eigenvalue weighted by Gasteiger charge is -2.44. The largest absolute Gasteiger partial charge is 0.348 e. The second-order valence-corrected chi connectivity index (χ2v) is 7.08. The van der Waals surface area contributed by atoms with Crippen molar-refractivity contribution in [3.63, 3.8) is 0 Å². The van der Waals surface area contributed by atoms with E-state index in [4.69, 9.17) is 0 Å². The fourth-order valence-corrected chi connectivity index (χ4v) is 3.99. The van der Waals surface area contributed by atoms with Gasteiger partial charge in [0.15, 0.2) is 0 Å². The third kappa shape index (κ3) is 3.36. The van der Waals surface area contributed by atoms with E-state index in [2.05, 4.69) is 46.6 Å². The van der Waals surface area contributed by atoms with Crippen LogP contribution in [0.5, 0.6) is 0 Å². The second kappa shape index (κ2) is 6.78. The SMILES string of the molecule is O=C(N[C@H]1CN2CCC1CC2)c1ccc(Cc2ccccc2)cc1. The predicted octanol–water partition coefficient (Wildman–Crippen LogP) is 3.10. The van der Waals surface area contributed by atoms with Gasteiger partial charge in [0.1, 0.15) is 0 Å². The molecular formula is C21H24N2O. The van der Waals surface area contributed by atoms with Gasteiger partial charge < -0.3 is 10.2 Å². The highest BCUT2D eigenvalue weighted by Crippen LogP contribution is 2.27. The number of hydrogen-bond acceptors (Lipinski definition) is 2. The van der Waals surface area contributed by atoms with Crippen molar-refractivity contribution in [2.24, 2.45) is 5.92 Å². The number of nitrogens with zero attached hydrogens (tertiary/aromatic N) is 1. The quantitative estimate of drug-likeness (QED) is 0.939. The summed E-state index contributed by atoms with van der Waals surface area (Å²) in [6, 6.07) is 18.8. The summed E-state index contributed by atoms with van der Waals surface area (Å²) in [5, 5.41) is 3.26. The molecule has 2 aromatic carbocycles. The van der Waals surface area contributed by atoms with Crippen LogP contribution >= 0.6 is 0 Å². The zero-order valence-corrected chi connectivity index (χ0v) is 13.9. The Labute approximate surface area is 143 Å². The van der Waals surface area contributed by atoms with Gasteiger partial charge in [0.25, 0.3) is 5.91 Å². The van der Waals surface area contributed by atoms with E-state index >= 15 is 0 Å². The van der Waals surface area contributed by atoms with Gasteiger partial charge >= 0.3 is 0 Å². The van der Waals surface area contributed by atoms with Crippen LogP contribution in [0.3, 0.4) is 0 Å². The Morgan fingerprint density at radius 3 is 2.25 bits per heavy atom. The number of carbonyl (C=O) groups is 1. The van der Waals surface area contributed by atoms with Gasteiger partial charge in [-0.05, 0) is 61.5 Å². The van der Waals surface area contributed by atoms with Crippen LogP contribution in [0.4, 0.5) is 0 Å². The van der Waals surface area contributed by atoms with Crippen LogP contribution in [-0.2, 0) is 6.42 Å². The van der Waals surface area contributed by atoms with Crippen molar-refractivity contribution in [3.05, 3.63) is 71.3 Å². The minimum atomic E-state index is 0.0695. The van der Waals surface area contributed by atoms with Crippen LogP contribution in [0.2, 0.25) is 0 Å². The second-order valence-electron chi connectivity index (χ2n) is 7.08. The van der Waals surface area contributed by atoms with Crippen molar-refractivity contribution in [2.75, 3.05) is 19.6 Å². The van der Waals surface area contributed by atoms with E-state index in [9.17, 15) is 4.79 Å². The molecule has 3 heterocycles. The number of nitrogens with one attached hydrogen (secondary N) is 1. The molecule has 1 atom stereocenters. The van der Waals surface area contributed by atoms with Gasteiger partial charge in [-0.15, -0.1) is 0 Å². The first-order valence-corrected chi connectivity index (χ1v) is 8.94. The average Bonchev–Trinajstić information content (AvgIpc) is 2.64. The Morgan fingerprint density at radius 1 is 0.958 bits per heavy atom. The third-order valence-electron chi connectivity index (χ3n) is 5.44. The lowest BCUT2D eigenvalue weighted by molar-refractivity contribution is 0.0620. The predicted molar refractivity (Wildman–Crippen MR) is 96.1 cm³/mol. The van der Waals surface area contributed by atoms with Crippen LogP contribution < -0.4 is 5.32 Å². The standard InChI is InChI=1S/C21H24N2O/c24-21(22-20-15-23-12-10-18(20)11-13-23)19-8-6-17(7-9-19)14-16-4-2-1-3-5-16/h1-9,18,20H,10-15H2,(H,22,24)/t20-/m0/s1. The zero-order chi connectivity index (χ0) is 16.4.